The summed E-state index contributed by atoms with van der Waals surface area (Å²) in [5.41, 5.74) is 0. The lowest BCUT2D eigenvalue weighted by Crippen LogP contribution is -2.47. The van der Waals surface area contributed by atoms with Gasteiger partial charge in [0.2, 0.25) is 11.8 Å². The average molecular weight is 294 g/mol. The number of carbonyl (C=O) groups is 2. The lowest BCUT2D eigenvalue weighted by Gasteiger charge is -2.33. The number of nitrogens with zero attached hydrogens (tertiary/aromatic N) is 1. The molecule has 1 aliphatic heterocycles. The molecule has 0 bridgehead atoms. The van der Waals surface area contributed by atoms with Gasteiger partial charge in [-0.2, -0.15) is 0 Å². The van der Waals surface area contributed by atoms with Crippen molar-refractivity contribution in [2.45, 2.75) is 71.3 Å². The number of piperidine rings is 1. The van der Waals surface area contributed by atoms with Crippen molar-refractivity contribution in [1.29, 1.82) is 0 Å². The predicted octanol–water partition coefficient (Wildman–Crippen LogP) is 2.72. The van der Waals surface area contributed by atoms with Crippen LogP contribution in [-0.4, -0.2) is 35.8 Å². The molecule has 1 heterocycles. The van der Waals surface area contributed by atoms with Crippen molar-refractivity contribution in [2.75, 3.05) is 13.1 Å². The van der Waals surface area contributed by atoms with Gasteiger partial charge in [-0.05, 0) is 25.2 Å². The third-order valence-corrected chi connectivity index (χ3v) is 4.92. The summed E-state index contributed by atoms with van der Waals surface area (Å²) in [6, 6.07) is 0.261. The summed E-state index contributed by atoms with van der Waals surface area (Å²) in [5, 5.41) is 3.15. The van der Waals surface area contributed by atoms with Gasteiger partial charge in [0.1, 0.15) is 0 Å². The molecule has 0 unspecified atom stereocenters. The van der Waals surface area contributed by atoms with Crippen LogP contribution < -0.4 is 5.32 Å². The Hall–Kier alpha value is -1.06. The summed E-state index contributed by atoms with van der Waals surface area (Å²) >= 11 is 0. The first kappa shape index (κ1) is 16.3. The normalized spacial score (nSPS) is 21.0. The van der Waals surface area contributed by atoms with Crippen molar-refractivity contribution in [1.82, 2.24) is 10.2 Å². The lowest BCUT2D eigenvalue weighted by molar-refractivity contribution is -0.135. The molecule has 1 saturated carbocycles. The van der Waals surface area contributed by atoms with Crippen LogP contribution in [0, 0.1) is 11.8 Å². The Bertz CT molecular complexity index is 354. The van der Waals surface area contributed by atoms with Gasteiger partial charge in [-0.3, -0.25) is 9.59 Å². The van der Waals surface area contributed by atoms with Gasteiger partial charge in [0.05, 0.1) is 0 Å². The summed E-state index contributed by atoms with van der Waals surface area (Å²) in [5.74, 6) is 1.29. The Kier molecular flexibility index (Phi) is 6.07. The van der Waals surface area contributed by atoms with Gasteiger partial charge in [-0.25, -0.2) is 0 Å². The van der Waals surface area contributed by atoms with E-state index in [0.29, 0.717) is 6.42 Å². The van der Waals surface area contributed by atoms with E-state index in [9.17, 15) is 9.59 Å². The molecule has 0 aromatic rings. The zero-order valence-corrected chi connectivity index (χ0v) is 13.6. The van der Waals surface area contributed by atoms with Crippen LogP contribution in [0.25, 0.3) is 0 Å². The molecule has 1 saturated heterocycles. The number of amides is 2. The molecule has 0 aromatic carbocycles. The molecule has 2 aliphatic rings. The first-order chi connectivity index (χ1) is 10.1. The minimum atomic E-state index is 0.0718. The number of nitrogens with one attached hydrogen (secondary N) is 1. The second kappa shape index (κ2) is 7.81. The third-order valence-electron chi connectivity index (χ3n) is 4.92. The molecule has 0 radical (unpaired) electrons. The van der Waals surface area contributed by atoms with E-state index in [-0.39, 0.29) is 23.8 Å². The van der Waals surface area contributed by atoms with E-state index in [1.54, 1.807) is 0 Å². The molecule has 4 nitrogen and oxygen atoms in total. The molecule has 4 heteroatoms. The fourth-order valence-corrected chi connectivity index (χ4v) is 3.54. The Morgan fingerprint density at radius 1 is 1.10 bits per heavy atom. The standard InChI is InChI=1S/C17H30N2O2/c1-13(2)17(21)19-11-9-15(10-12-19)18-16(20)8-7-14-5-3-4-6-14/h13-15H,3-12H2,1-2H3,(H,18,20). The van der Waals surface area contributed by atoms with Crippen LogP contribution in [0.1, 0.15) is 65.2 Å². The quantitative estimate of drug-likeness (QED) is 0.847. The average Bonchev–Trinajstić information content (AvgIpc) is 2.98. The zero-order chi connectivity index (χ0) is 15.2. The molecule has 1 aliphatic carbocycles. The fraction of sp³-hybridized carbons (Fsp3) is 0.882. The lowest BCUT2D eigenvalue weighted by atomic mass is 10.0. The maximum absolute atomic E-state index is 12.0. The second-order valence-corrected chi connectivity index (χ2v) is 7.01. The Balaban J connectivity index is 1.63. The van der Waals surface area contributed by atoms with Crippen molar-refractivity contribution in [3.8, 4) is 0 Å². The van der Waals surface area contributed by atoms with Crippen LogP contribution in [0.4, 0.5) is 0 Å². The Morgan fingerprint density at radius 2 is 1.71 bits per heavy atom. The first-order valence-corrected chi connectivity index (χ1v) is 8.64. The highest BCUT2D eigenvalue weighted by Crippen LogP contribution is 2.28. The predicted molar refractivity (Wildman–Crippen MR) is 83.8 cm³/mol. The first-order valence-electron chi connectivity index (χ1n) is 8.64. The van der Waals surface area contributed by atoms with E-state index in [0.717, 1.165) is 38.3 Å². The van der Waals surface area contributed by atoms with E-state index >= 15 is 0 Å². The molecular formula is C17H30N2O2. The van der Waals surface area contributed by atoms with E-state index < -0.39 is 0 Å². The summed E-state index contributed by atoms with van der Waals surface area (Å²) in [6.07, 6.45) is 8.82. The monoisotopic (exact) mass is 294 g/mol. The van der Waals surface area contributed by atoms with Crippen molar-refractivity contribution in [3.63, 3.8) is 0 Å². The molecule has 2 rings (SSSR count). The topological polar surface area (TPSA) is 49.4 Å². The Morgan fingerprint density at radius 3 is 2.29 bits per heavy atom. The summed E-state index contributed by atoms with van der Waals surface area (Å²) in [7, 11) is 0. The van der Waals surface area contributed by atoms with E-state index in [2.05, 4.69) is 5.32 Å². The van der Waals surface area contributed by atoms with Gasteiger partial charge in [-0.1, -0.05) is 39.5 Å². The number of carbonyl (C=O) groups excluding carboxylic acids is 2. The van der Waals surface area contributed by atoms with Crippen molar-refractivity contribution in [3.05, 3.63) is 0 Å². The number of hydrogen-bond donors (Lipinski definition) is 1. The smallest absolute Gasteiger partial charge is 0.225 e. The van der Waals surface area contributed by atoms with Gasteiger partial charge in [0.25, 0.3) is 0 Å². The number of rotatable bonds is 5. The summed E-state index contributed by atoms with van der Waals surface area (Å²) in [4.78, 5) is 25.9. The zero-order valence-electron chi connectivity index (χ0n) is 13.6. The SMILES string of the molecule is CC(C)C(=O)N1CCC(NC(=O)CCC2CCCC2)CC1. The van der Waals surface area contributed by atoms with E-state index in [1.807, 2.05) is 18.7 Å². The maximum Gasteiger partial charge on any atom is 0.225 e. The summed E-state index contributed by atoms with van der Waals surface area (Å²) < 4.78 is 0. The fourth-order valence-electron chi connectivity index (χ4n) is 3.54. The van der Waals surface area contributed by atoms with Gasteiger partial charge in [-0.15, -0.1) is 0 Å². The van der Waals surface area contributed by atoms with Crippen LogP contribution in [-0.2, 0) is 9.59 Å². The Labute approximate surface area is 128 Å². The molecule has 1 N–H and O–H groups in total. The largest absolute Gasteiger partial charge is 0.353 e. The molecular weight excluding hydrogens is 264 g/mol. The minimum Gasteiger partial charge on any atom is -0.353 e. The molecule has 2 fully saturated rings. The van der Waals surface area contributed by atoms with Crippen LogP contribution in [0.15, 0.2) is 0 Å². The van der Waals surface area contributed by atoms with Crippen molar-refractivity contribution in [2.24, 2.45) is 11.8 Å². The minimum absolute atomic E-state index is 0.0718. The van der Waals surface area contributed by atoms with E-state index in [4.69, 9.17) is 0 Å². The van der Waals surface area contributed by atoms with Gasteiger partial charge >= 0.3 is 0 Å². The van der Waals surface area contributed by atoms with Crippen LogP contribution in [0.2, 0.25) is 0 Å². The molecule has 21 heavy (non-hydrogen) atoms. The van der Waals surface area contributed by atoms with Crippen molar-refractivity contribution >= 4 is 11.8 Å². The molecule has 2 amide bonds. The molecule has 120 valence electrons. The van der Waals surface area contributed by atoms with Gasteiger partial charge in [0, 0.05) is 31.5 Å². The number of hydrogen-bond acceptors (Lipinski definition) is 2. The molecule has 0 spiro atoms. The van der Waals surface area contributed by atoms with Gasteiger partial charge in [0.15, 0.2) is 0 Å². The molecule has 0 aromatic heterocycles. The maximum atomic E-state index is 12.0. The summed E-state index contributed by atoms with van der Waals surface area (Å²) in [6.45, 7) is 5.45. The van der Waals surface area contributed by atoms with E-state index in [1.165, 1.54) is 25.7 Å². The third kappa shape index (κ3) is 5.01. The van der Waals surface area contributed by atoms with Gasteiger partial charge < -0.3 is 10.2 Å². The highest BCUT2D eigenvalue weighted by molar-refractivity contribution is 5.78. The van der Waals surface area contributed by atoms with Crippen LogP contribution in [0.5, 0.6) is 0 Å². The van der Waals surface area contributed by atoms with Crippen LogP contribution in [0.3, 0.4) is 0 Å². The number of likely N-dealkylation sites (tertiary alicyclic amines) is 1. The van der Waals surface area contributed by atoms with Crippen LogP contribution >= 0.6 is 0 Å². The highest BCUT2D eigenvalue weighted by atomic mass is 16.2. The molecule has 0 atom stereocenters. The van der Waals surface area contributed by atoms with Crippen molar-refractivity contribution < 1.29 is 9.59 Å². The highest BCUT2D eigenvalue weighted by Gasteiger charge is 2.25. The second-order valence-electron chi connectivity index (χ2n) is 7.01.